The number of hydrogen-bond acceptors (Lipinski definition) is 3. The van der Waals surface area contributed by atoms with Gasteiger partial charge in [0.25, 0.3) is 0 Å². The molecule has 1 aromatic rings. The van der Waals surface area contributed by atoms with Gasteiger partial charge in [-0.2, -0.15) is 0 Å². The molecule has 1 heterocycles. The number of halogens is 2. The molecular formula is C13H17F2N3O. The fourth-order valence-corrected chi connectivity index (χ4v) is 2.09. The molecule has 2 rings (SSSR count). The van der Waals surface area contributed by atoms with Crippen LogP contribution < -0.4 is 10.6 Å². The highest BCUT2D eigenvalue weighted by atomic mass is 19.1. The molecule has 6 heteroatoms. The van der Waals surface area contributed by atoms with Crippen molar-refractivity contribution < 1.29 is 13.6 Å². The number of piperazine rings is 1. The first-order valence-corrected chi connectivity index (χ1v) is 6.26. The topological polar surface area (TPSA) is 44.4 Å². The van der Waals surface area contributed by atoms with Crippen molar-refractivity contribution in [3.05, 3.63) is 29.8 Å². The minimum Gasteiger partial charge on any atom is -0.322 e. The quantitative estimate of drug-likeness (QED) is 0.866. The number of carbonyl (C=O) groups is 1. The molecule has 1 atom stereocenters. The van der Waals surface area contributed by atoms with Crippen molar-refractivity contribution in [2.45, 2.75) is 13.0 Å². The monoisotopic (exact) mass is 269 g/mol. The van der Waals surface area contributed by atoms with E-state index in [1.54, 1.807) is 0 Å². The standard InChI is InChI=1S/C13H17F2N3O/c1-9-7-16-4-5-18(9)8-13(19)17-12-6-10(14)2-3-11(12)15/h2-3,6,9,16H,4-5,7-8H2,1H3,(H,17,19)/t9-/m1/s1. The van der Waals surface area contributed by atoms with Crippen LogP contribution in [-0.4, -0.2) is 43.0 Å². The van der Waals surface area contributed by atoms with Crippen LogP contribution in [0.2, 0.25) is 0 Å². The Morgan fingerprint density at radius 3 is 3.05 bits per heavy atom. The number of anilines is 1. The molecule has 1 saturated heterocycles. The Morgan fingerprint density at radius 2 is 2.32 bits per heavy atom. The van der Waals surface area contributed by atoms with E-state index in [1.807, 2.05) is 11.8 Å². The molecule has 1 aromatic carbocycles. The fraction of sp³-hybridized carbons (Fsp3) is 0.462. The molecule has 0 aliphatic carbocycles. The molecule has 1 amide bonds. The lowest BCUT2D eigenvalue weighted by Crippen LogP contribution is -2.52. The summed E-state index contributed by atoms with van der Waals surface area (Å²) in [5.74, 6) is -1.55. The minimum atomic E-state index is -0.636. The van der Waals surface area contributed by atoms with Crippen LogP contribution in [0.25, 0.3) is 0 Å². The van der Waals surface area contributed by atoms with Crippen LogP contribution in [0.4, 0.5) is 14.5 Å². The predicted molar refractivity (Wildman–Crippen MR) is 68.9 cm³/mol. The number of nitrogens with one attached hydrogen (secondary N) is 2. The van der Waals surface area contributed by atoms with Gasteiger partial charge in [-0.1, -0.05) is 0 Å². The number of hydrogen-bond donors (Lipinski definition) is 2. The fourth-order valence-electron chi connectivity index (χ4n) is 2.09. The molecule has 104 valence electrons. The van der Waals surface area contributed by atoms with Crippen molar-refractivity contribution in [1.29, 1.82) is 0 Å². The summed E-state index contributed by atoms with van der Waals surface area (Å²) in [5.41, 5.74) is -0.118. The second kappa shape index (κ2) is 6.08. The summed E-state index contributed by atoms with van der Waals surface area (Å²) < 4.78 is 26.4. The van der Waals surface area contributed by atoms with Crippen molar-refractivity contribution in [3.8, 4) is 0 Å². The van der Waals surface area contributed by atoms with Gasteiger partial charge < -0.3 is 10.6 Å². The van der Waals surface area contributed by atoms with Gasteiger partial charge in [0.15, 0.2) is 0 Å². The maximum absolute atomic E-state index is 13.4. The third kappa shape index (κ3) is 3.71. The predicted octanol–water partition coefficient (Wildman–Crippen LogP) is 1.20. The van der Waals surface area contributed by atoms with E-state index in [9.17, 15) is 13.6 Å². The van der Waals surface area contributed by atoms with Crippen LogP contribution in [0.15, 0.2) is 18.2 Å². The molecule has 1 aliphatic rings. The summed E-state index contributed by atoms with van der Waals surface area (Å²) in [6.07, 6.45) is 0. The van der Waals surface area contributed by atoms with E-state index in [2.05, 4.69) is 10.6 Å². The van der Waals surface area contributed by atoms with Crippen LogP contribution in [0.5, 0.6) is 0 Å². The van der Waals surface area contributed by atoms with Gasteiger partial charge in [0.2, 0.25) is 5.91 Å². The Labute approximate surface area is 110 Å². The van der Waals surface area contributed by atoms with E-state index in [0.29, 0.717) is 0 Å². The van der Waals surface area contributed by atoms with Crippen LogP contribution in [0.1, 0.15) is 6.92 Å². The summed E-state index contributed by atoms with van der Waals surface area (Å²) in [6.45, 7) is 4.61. The molecule has 19 heavy (non-hydrogen) atoms. The largest absolute Gasteiger partial charge is 0.322 e. The average Bonchev–Trinajstić information content (AvgIpc) is 2.37. The Hall–Kier alpha value is -1.53. The normalized spacial score (nSPS) is 20.3. The lowest BCUT2D eigenvalue weighted by molar-refractivity contribution is -0.118. The van der Waals surface area contributed by atoms with Gasteiger partial charge in [0.05, 0.1) is 12.2 Å². The lowest BCUT2D eigenvalue weighted by Gasteiger charge is -2.33. The van der Waals surface area contributed by atoms with E-state index in [1.165, 1.54) is 0 Å². The van der Waals surface area contributed by atoms with Gasteiger partial charge in [-0.05, 0) is 19.1 Å². The summed E-state index contributed by atoms with van der Waals surface area (Å²) in [7, 11) is 0. The summed E-state index contributed by atoms with van der Waals surface area (Å²) in [5, 5.41) is 5.62. The van der Waals surface area contributed by atoms with Crippen LogP contribution in [-0.2, 0) is 4.79 Å². The molecule has 1 aliphatic heterocycles. The molecule has 2 N–H and O–H groups in total. The van der Waals surface area contributed by atoms with E-state index in [0.717, 1.165) is 37.8 Å². The minimum absolute atomic E-state index is 0.118. The Morgan fingerprint density at radius 1 is 1.53 bits per heavy atom. The van der Waals surface area contributed by atoms with E-state index in [4.69, 9.17) is 0 Å². The number of benzene rings is 1. The van der Waals surface area contributed by atoms with Crippen LogP contribution in [0, 0.1) is 11.6 Å². The highest BCUT2D eigenvalue weighted by Gasteiger charge is 2.20. The zero-order valence-corrected chi connectivity index (χ0v) is 10.7. The van der Waals surface area contributed by atoms with Gasteiger partial charge in [-0.3, -0.25) is 9.69 Å². The second-order valence-electron chi connectivity index (χ2n) is 4.70. The van der Waals surface area contributed by atoms with Crippen molar-refractivity contribution in [1.82, 2.24) is 10.2 Å². The molecule has 4 nitrogen and oxygen atoms in total. The summed E-state index contributed by atoms with van der Waals surface area (Å²) in [6, 6.07) is 3.24. The number of nitrogens with zero attached hydrogens (tertiary/aromatic N) is 1. The molecule has 1 fully saturated rings. The first-order chi connectivity index (χ1) is 9.06. The molecular weight excluding hydrogens is 252 g/mol. The Kier molecular flexibility index (Phi) is 4.44. The van der Waals surface area contributed by atoms with Crippen LogP contribution >= 0.6 is 0 Å². The average molecular weight is 269 g/mol. The van der Waals surface area contributed by atoms with Crippen molar-refractivity contribution in [2.75, 3.05) is 31.5 Å². The van der Waals surface area contributed by atoms with Gasteiger partial charge in [0, 0.05) is 31.7 Å². The summed E-state index contributed by atoms with van der Waals surface area (Å²) >= 11 is 0. The summed E-state index contributed by atoms with van der Waals surface area (Å²) in [4.78, 5) is 13.8. The third-order valence-electron chi connectivity index (χ3n) is 3.19. The Bertz CT molecular complexity index is 467. The zero-order valence-electron chi connectivity index (χ0n) is 10.7. The molecule has 0 aromatic heterocycles. The first-order valence-electron chi connectivity index (χ1n) is 6.26. The maximum Gasteiger partial charge on any atom is 0.238 e. The van der Waals surface area contributed by atoms with Crippen LogP contribution in [0.3, 0.4) is 0 Å². The highest BCUT2D eigenvalue weighted by molar-refractivity contribution is 5.92. The number of carbonyl (C=O) groups excluding carboxylic acids is 1. The number of amides is 1. The number of rotatable bonds is 3. The lowest BCUT2D eigenvalue weighted by atomic mass is 10.2. The van der Waals surface area contributed by atoms with E-state index < -0.39 is 11.6 Å². The van der Waals surface area contributed by atoms with Crippen molar-refractivity contribution >= 4 is 11.6 Å². The third-order valence-corrected chi connectivity index (χ3v) is 3.19. The van der Waals surface area contributed by atoms with Gasteiger partial charge in [-0.25, -0.2) is 8.78 Å². The second-order valence-corrected chi connectivity index (χ2v) is 4.70. The Balaban J connectivity index is 1.95. The van der Waals surface area contributed by atoms with E-state index in [-0.39, 0.29) is 24.2 Å². The molecule has 0 spiro atoms. The molecule has 0 bridgehead atoms. The van der Waals surface area contributed by atoms with Gasteiger partial charge >= 0.3 is 0 Å². The first kappa shape index (κ1) is 13.9. The van der Waals surface area contributed by atoms with Gasteiger partial charge in [0.1, 0.15) is 11.6 Å². The van der Waals surface area contributed by atoms with Gasteiger partial charge in [-0.15, -0.1) is 0 Å². The highest BCUT2D eigenvalue weighted by Crippen LogP contribution is 2.15. The zero-order chi connectivity index (χ0) is 13.8. The maximum atomic E-state index is 13.4. The van der Waals surface area contributed by atoms with Crippen molar-refractivity contribution in [3.63, 3.8) is 0 Å². The van der Waals surface area contributed by atoms with E-state index >= 15 is 0 Å². The SMILES string of the molecule is C[C@@H]1CNCCN1CC(=O)Nc1cc(F)ccc1F. The molecule has 0 radical (unpaired) electrons. The molecule has 0 unspecified atom stereocenters. The molecule has 0 saturated carbocycles. The smallest absolute Gasteiger partial charge is 0.238 e. The van der Waals surface area contributed by atoms with Crippen molar-refractivity contribution in [2.24, 2.45) is 0 Å².